The molecule has 0 spiro atoms. The fourth-order valence-corrected chi connectivity index (χ4v) is 4.19. The molecule has 0 fully saturated rings. The fraction of sp³-hybridized carbons (Fsp3) is 0.458. The molecule has 3 atom stereocenters. The Morgan fingerprint density at radius 1 is 1.16 bits per heavy atom. The van der Waals surface area contributed by atoms with Crippen LogP contribution < -0.4 is 0 Å². The SMILES string of the molecule is CC(C)N(C(=O)C(C1C#CC=CN=C1)C(Cc1nnn(C)n1)c1ccccc1)C(C)C. The summed E-state index contributed by atoms with van der Waals surface area (Å²) < 4.78 is 0. The van der Waals surface area contributed by atoms with Crippen molar-refractivity contribution in [1.29, 1.82) is 0 Å². The Kier molecular flexibility index (Phi) is 7.35. The van der Waals surface area contributed by atoms with Crippen LogP contribution in [-0.2, 0) is 18.3 Å². The number of aryl methyl sites for hydroxylation is 1. The Bertz CT molecular complexity index is 988. The monoisotopic (exact) mass is 418 g/mol. The van der Waals surface area contributed by atoms with E-state index in [0.717, 1.165) is 5.56 Å². The number of allylic oxidation sites excluding steroid dienone is 1. The van der Waals surface area contributed by atoms with Gasteiger partial charge in [-0.3, -0.25) is 9.79 Å². The molecule has 7 nitrogen and oxygen atoms in total. The van der Waals surface area contributed by atoms with Crippen LogP contribution in [0.2, 0.25) is 0 Å². The average molecular weight is 419 g/mol. The number of carbonyl (C=O) groups excluding carboxylic acids is 1. The summed E-state index contributed by atoms with van der Waals surface area (Å²) in [6.07, 6.45) is 5.65. The van der Waals surface area contributed by atoms with Crippen molar-refractivity contribution in [2.75, 3.05) is 0 Å². The molecule has 0 aliphatic carbocycles. The highest BCUT2D eigenvalue weighted by molar-refractivity contribution is 5.86. The van der Waals surface area contributed by atoms with Crippen molar-refractivity contribution >= 4 is 12.1 Å². The van der Waals surface area contributed by atoms with Gasteiger partial charge in [0.05, 0.1) is 18.9 Å². The number of hydrogen-bond acceptors (Lipinski definition) is 5. The maximum absolute atomic E-state index is 14.1. The molecular formula is C24H30N6O. The number of amides is 1. The molecule has 1 aliphatic heterocycles. The lowest BCUT2D eigenvalue weighted by Crippen LogP contribution is -2.48. The minimum Gasteiger partial charge on any atom is -0.338 e. The number of hydrogen-bond donors (Lipinski definition) is 0. The first-order valence-electron chi connectivity index (χ1n) is 10.7. The van der Waals surface area contributed by atoms with E-state index in [4.69, 9.17) is 0 Å². The molecule has 3 rings (SSSR count). The van der Waals surface area contributed by atoms with Gasteiger partial charge in [0, 0.05) is 42.9 Å². The molecule has 1 amide bonds. The topological polar surface area (TPSA) is 76.3 Å². The second kappa shape index (κ2) is 10.2. The van der Waals surface area contributed by atoms with Gasteiger partial charge in [0.1, 0.15) is 0 Å². The molecule has 0 radical (unpaired) electrons. The van der Waals surface area contributed by atoms with Crippen LogP contribution in [0.25, 0.3) is 0 Å². The Morgan fingerprint density at radius 3 is 2.48 bits per heavy atom. The fourth-order valence-electron chi connectivity index (χ4n) is 4.19. The van der Waals surface area contributed by atoms with Crippen LogP contribution in [-0.4, -0.2) is 49.3 Å². The zero-order valence-corrected chi connectivity index (χ0v) is 18.8. The van der Waals surface area contributed by atoms with Crippen molar-refractivity contribution in [3.63, 3.8) is 0 Å². The molecule has 0 saturated heterocycles. The van der Waals surface area contributed by atoms with Crippen molar-refractivity contribution < 1.29 is 4.79 Å². The third-order valence-electron chi connectivity index (χ3n) is 5.39. The number of nitrogens with zero attached hydrogens (tertiary/aromatic N) is 6. The summed E-state index contributed by atoms with van der Waals surface area (Å²) in [6.45, 7) is 8.19. The molecule has 0 bridgehead atoms. The van der Waals surface area contributed by atoms with Crippen LogP contribution in [0.15, 0.2) is 47.6 Å². The lowest BCUT2D eigenvalue weighted by molar-refractivity contribution is -0.140. The molecule has 1 aromatic carbocycles. The maximum atomic E-state index is 14.1. The van der Waals surface area contributed by atoms with Gasteiger partial charge < -0.3 is 4.90 Å². The van der Waals surface area contributed by atoms with E-state index >= 15 is 0 Å². The predicted octanol–water partition coefficient (Wildman–Crippen LogP) is 3.02. The number of benzene rings is 1. The third kappa shape index (κ3) is 5.46. The number of carbonyl (C=O) groups is 1. The number of aromatic nitrogens is 4. The summed E-state index contributed by atoms with van der Waals surface area (Å²) in [5.41, 5.74) is 1.05. The van der Waals surface area contributed by atoms with Gasteiger partial charge in [-0.2, -0.15) is 4.80 Å². The van der Waals surface area contributed by atoms with Gasteiger partial charge in [-0.05, 0) is 38.5 Å². The van der Waals surface area contributed by atoms with Crippen LogP contribution in [0.4, 0.5) is 0 Å². The van der Waals surface area contributed by atoms with E-state index in [1.807, 2.05) is 50.8 Å². The summed E-state index contributed by atoms with van der Waals surface area (Å²) in [6, 6.07) is 10.2. The smallest absolute Gasteiger partial charge is 0.228 e. The summed E-state index contributed by atoms with van der Waals surface area (Å²) in [5, 5.41) is 12.6. The molecule has 2 aromatic rings. The second-order valence-corrected chi connectivity index (χ2v) is 8.30. The zero-order chi connectivity index (χ0) is 22.4. The average Bonchev–Trinajstić information content (AvgIpc) is 2.96. The second-order valence-electron chi connectivity index (χ2n) is 8.30. The Hall–Kier alpha value is -3.27. The predicted molar refractivity (Wildman–Crippen MR) is 121 cm³/mol. The zero-order valence-electron chi connectivity index (χ0n) is 18.8. The van der Waals surface area contributed by atoms with E-state index in [9.17, 15) is 4.79 Å². The minimum atomic E-state index is -0.438. The Labute approximate surface area is 184 Å². The molecule has 0 N–H and O–H groups in total. The van der Waals surface area contributed by atoms with Crippen molar-refractivity contribution in [3.05, 3.63) is 54.0 Å². The first kappa shape index (κ1) is 22.4. The molecular weight excluding hydrogens is 388 g/mol. The van der Waals surface area contributed by atoms with Crippen LogP contribution in [0.3, 0.4) is 0 Å². The number of aliphatic imine (C=N–C) groups is 1. The summed E-state index contributed by atoms with van der Waals surface area (Å²) >= 11 is 0. The third-order valence-corrected chi connectivity index (χ3v) is 5.39. The van der Waals surface area contributed by atoms with Gasteiger partial charge in [-0.25, -0.2) is 0 Å². The largest absolute Gasteiger partial charge is 0.338 e. The first-order valence-corrected chi connectivity index (χ1v) is 10.7. The van der Waals surface area contributed by atoms with E-state index < -0.39 is 5.92 Å². The van der Waals surface area contributed by atoms with Gasteiger partial charge >= 0.3 is 0 Å². The molecule has 162 valence electrons. The van der Waals surface area contributed by atoms with E-state index in [-0.39, 0.29) is 29.8 Å². The van der Waals surface area contributed by atoms with Gasteiger partial charge in [0.15, 0.2) is 5.82 Å². The van der Waals surface area contributed by atoms with E-state index in [2.05, 4.69) is 44.4 Å². The molecule has 1 aliphatic rings. The molecule has 1 aromatic heterocycles. The molecule has 2 heterocycles. The highest BCUT2D eigenvalue weighted by atomic mass is 16.2. The number of rotatable bonds is 8. The molecule has 7 heteroatoms. The summed E-state index contributed by atoms with van der Waals surface area (Å²) in [4.78, 5) is 21.8. The van der Waals surface area contributed by atoms with E-state index in [1.165, 1.54) is 4.80 Å². The summed E-state index contributed by atoms with van der Waals surface area (Å²) in [5.74, 6) is 5.99. The highest BCUT2D eigenvalue weighted by Crippen LogP contribution is 2.35. The quantitative estimate of drug-likeness (QED) is 0.618. The van der Waals surface area contributed by atoms with Crippen molar-refractivity contribution in [2.24, 2.45) is 23.9 Å². The number of tetrazole rings is 1. The van der Waals surface area contributed by atoms with Gasteiger partial charge in [0.2, 0.25) is 5.91 Å². The standard InChI is InChI=1S/C24H30N6O/c1-17(2)30(18(3)4)24(31)23(20-13-9-10-14-25-16-20)21(19-11-7-6-8-12-19)15-22-26-28-29(5)27-22/h6-8,10-12,14,16-18,20-21,23H,15H2,1-5H3. The summed E-state index contributed by atoms with van der Waals surface area (Å²) in [7, 11) is 1.74. The van der Waals surface area contributed by atoms with Crippen molar-refractivity contribution in [1.82, 2.24) is 25.1 Å². The van der Waals surface area contributed by atoms with Crippen LogP contribution >= 0.6 is 0 Å². The van der Waals surface area contributed by atoms with Gasteiger partial charge in [0.25, 0.3) is 0 Å². The van der Waals surface area contributed by atoms with Crippen LogP contribution in [0.1, 0.15) is 45.0 Å². The maximum Gasteiger partial charge on any atom is 0.228 e. The lowest BCUT2D eigenvalue weighted by Gasteiger charge is -2.38. The van der Waals surface area contributed by atoms with Gasteiger partial charge in [-0.1, -0.05) is 42.2 Å². The molecule has 3 unspecified atom stereocenters. The Balaban J connectivity index is 2.11. The van der Waals surface area contributed by atoms with Crippen LogP contribution in [0, 0.1) is 23.7 Å². The van der Waals surface area contributed by atoms with Crippen molar-refractivity contribution in [2.45, 2.75) is 52.1 Å². The molecule has 31 heavy (non-hydrogen) atoms. The van der Waals surface area contributed by atoms with Gasteiger partial charge in [-0.15, -0.1) is 10.2 Å². The normalized spacial score (nSPS) is 17.2. The van der Waals surface area contributed by atoms with E-state index in [1.54, 1.807) is 25.5 Å². The molecule has 0 saturated carbocycles. The van der Waals surface area contributed by atoms with Crippen molar-refractivity contribution in [3.8, 4) is 11.8 Å². The minimum absolute atomic E-state index is 0.0647. The lowest BCUT2D eigenvalue weighted by atomic mass is 9.75. The van der Waals surface area contributed by atoms with Crippen LogP contribution in [0.5, 0.6) is 0 Å². The first-order chi connectivity index (χ1) is 14.9. The Morgan fingerprint density at radius 2 is 1.87 bits per heavy atom. The van der Waals surface area contributed by atoms with E-state index in [0.29, 0.717) is 12.2 Å². The highest BCUT2D eigenvalue weighted by Gasteiger charge is 2.40.